The molecule has 0 fully saturated rings. The number of benzene rings is 10. The first-order valence-corrected chi connectivity index (χ1v) is 22.1. The molecule has 302 valence electrons. The second-order valence-electron chi connectivity index (χ2n) is 17.7. The Morgan fingerprint density at radius 3 is 1.88 bits per heavy atom. The minimum atomic E-state index is -0.160. The van der Waals surface area contributed by atoms with E-state index in [0.717, 1.165) is 94.8 Å². The van der Waals surface area contributed by atoms with Crippen LogP contribution in [0.5, 0.6) is 11.5 Å². The second kappa shape index (κ2) is 13.9. The van der Waals surface area contributed by atoms with Gasteiger partial charge in [-0.05, 0) is 128 Å². The SMILES string of the molecule is CC1(C)c2ccccc2-c2ccc(N(c3ccc(-c4cccc5c4oc4ccccc45)cc3)c3ccc4c(c3)-c3cc(-c5ccccc5)ccc3-c3cc5ccccc5cc3O4)cc21. The fourth-order valence-electron chi connectivity index (χ4n) is 10.4. The first-order valence-electron chi connectivity index (χ1n) is 22.1. The molecule has 3 nitrogen and oxygen atoms in total. The molecular formula is C61H41NO2. The highest BCUT2D eigenvalue weighted by Crippen LogP contribution is 2.53. The lowest BCUT2D eigenvalue weighted by molar-refractivity contribution is 0.488. The van der Waals surface area contributed by atoms with Gasteiger partial charge < -0.3 is 14.1 Å². The first-order chi connectivity index (χ1) is 31.5. The summed E-state index contributed by atoms with van der Waals surface area (Å²) >= 11 is 0. The molecule has 0 saturated carbocycles. The van der Waals surface area contributed by atoms with Crippen LogP contribution in [0.15, 0.2) is 217 Å². The van der Waals surface area contributed by atoms with Crippen LogP contribution in [0.3, 0.4) is 0 Å². The van der Waals surface area contributed by atoms with Gasteiger partial charge in [-0.1, -0.05) is 159 Å². The lowest BCUT2D eigenvalue weighted by atomic mass is 9.82. The van der Waals surface area contributed by atoms with Crippen LogP contribution in [0.4, 0.5) is 17.1 Å². The number of ether oxygens (including phenoxy) is 1. The van der Waals surface area contributed by atoms with E-state index in [2.05, 4.69) is 219 Å². The number of rotatable bonds is 5. The normalized spacial score (nSPS) is 13.1. The van der Waals surface area contributed by atoms with Gasteiger partial charge in [-0.2, -0.15) is 0 Å². The predicted octanol–water partition coefficient (Wildman–Crippen LogP) is 17.3. The van der Waals surface area contributed by atoms with Crippen molar-refractivity contribution in [3.05, 3.63) is 223 Å². The smallest absolute Gasteiger partial charge is 0.143 e. The minimum absolute atomic E-state index is 0.160. The molecule has 0 radical (unpaired) electrons. The van der Waals surface area contributed by atoms with Crippen molar-refractivity contribution in [1.82, 2.24) is 0 Å². The van der Waals surface area contributed by atoms with Crippen LogP contribution in [-0.4, -0.2) is 0 Å². The summed E-state index contributed by atoms with van der Waals surface area (Å²) in [6, 6.07) is 76.7. The van der Waals surface area contributed by atoms with Crippen molar-refractivity contribution in [3.8, 4) is 67.1 Å². The molecule has 0 atom stereocenters. The van der Waals surface area contributed by atoms with Crippen molar-refractivity contribution in [3.63, 3.8) is 0 Å². The largest absolute Gasteiger partial charge is 0.456 e. The van der Waals surface area contributed by atoms with Crippen molar-refractivity contribution in [2.45, 2.75) is 19.3 Å². The monoisotopic (exact) mass is 819 g/mol. The van der Waals surface area contributed by atoms with Gasteiger partial charge in [0.15, 0.2) is 0 Å². The van der Waals surface area contributed by atoms with Gasteiger partial charge in [-0.25, -0.2) is 0 Å². The van der Waals surface area contributed by atoms with E-state index >= 15 is 0 Å². The van der Waals surface area contributed by atoms with E-state index < -0.39 is 0 Å². The summed E-state index contributed by atoms with van der Waals surface area (Å²) < 4.78 is 13.5. The molecule has 1 aliphatic carbocycles. The maximum Gasteiger partial charge on any atom is 0.143 e. The molecule has 0 spiro atoms. The van der Waals surface area contributed by atoms with Crippen LogP contribution in [0.2, 0.25) is 0 Å². The van der Waals surface area contributed by atoms with Crippen LogP contribution in [-0.2, 0) is 5.41 Å². The maximum atomic E-state index is 7.00. The summed E-state index contributed by atoms with van der Waals surface area (Å²) in [4.78, 5) is 2.40. The first kappa shape index (κ1) is 36.5. The molecule has 13 rings (SSSR count). The average Bonchev–Trinajstić information content (AvgIpc) is 3.79. The fraction of sp³-hybridized carbons (Fsp3) is 0.0492. The van der Waals surface area contributed by atoms with Gasteiger partial charge in [-0.3, -0.25) is 0 Å². The molecule has 0 saturated heterocycles. The number of para-hydroxylation sites is 2. The van der Waals surface area contributed by atoms with E-state index in [9.17, 15) is 0 Å². The third-order valence-electron chi connectivity index (χ3n) is 13.7. The molecule has 0 N–H and O–H groups in total. The molecule has 11 aromatic rings. The van der Waals surface area contributed by atoms with E-state index in [1.54, 1.807) is 0 Å². The zero-order valence-corrected chi connectivity index (χ0v) is 35.5. The summed E-state index contributed by atoms with van der Waals surface area (Å²) in [6.07, 6.45) is 0. The summed E-state index contributed by atoms with van der Waals surface area (Å²) in [7, 11) is 0. The molecule has 64 heavy (non-hydrogen) atoms. The van der Waals surface area contributed by atoms with Crippen LogP contribution in [0, 0.1) is 0 Å². The van der Waals surface area contributed by atoms with Crippen LogP contribution in [0.1, 0.15) is 25.0 Å². The molecule has 2 aliphatic rings. The Bertz CT molecular complexity index is 3670. The number of hydrogen-bond donors (Lipinski definition) is 0. The number of hydrogen-bond acceptors (Lipinski definition) is 3. The molecule has 1 aliphatic heterocycles. The molecule has 3 heteroatoms. The Morgan fingerprint density at radius 2 is 1.00 bits per heavy atom. The molecule has 10 aromatic carbocycles. The lowest BCUT2D eigenvalue weighted by Crippen LogP contribution is -2.16. The Morgan fingerprint density at radius 1 is 0.359 bits per heavy atom. The van der Waals surface area contributed by atoms with Crippen LogP contribution in [0.25, 0.3) is 88.3 Å². The molecule has 0 amide bonds. The van der Waals surface area contributed by atoms with Gasteiger partial charge in [-0.15, -0.1) is 0 Å². The van der Waals surface area contributed by atoms with E-state index in [1.807, 2.05) is 12.1 Å². The second-order valence-corrected chi connectivity index (χ2v) is 17.7. The topological polar surface area (TPSA) is 25.6 Å². The van der Waals surface area contributed by atoms with Gasteiger partial charge in [0.2, 0.25) is 0 Å². The van der Waals surface area contributed by atoms with Crippen molar-refractivity contribution >= 4 is 49.8 Å². The molecule has 0 bridgehead atoms. The third kappa shape index (κ3) is 5.60. The highest BCUT2D eigenvalue weighted by atomic mass is 16.5. The standard InChI is InChI=1S/C61H41NO2/c1-61(2)55-21-10-8-17-48(55)49-31-28-45(37-56(49)61)62(43-26-23-39(24-27-43)46-19-12-20-51-50-18-9-11-22-57(50)64-60(46)51)44-29-32-58-54(36-44)52-33-42(38-13-4-3-5-14-38)25-30-47(52)53-34-40-15-6-7-16-41(40)35-59(53)63-58/h3-37H,1-2H3. The van der Waals surface area contributed by atoms with Crippen molar-refractivity contribution in [2.24, 2.45) is 0 Å². The van der Waals surface area contributed by atoms with Crippen LogP contribution < -0.4 is 9.64 Å². The van der Waals surface area contributed by atoms with E-state index in [1.165, 1.54) is 33.2 Å². The minimum Gasteiger partial charge on any atom is -0.456 e. The Labute approximate surface area is 372 Å². The summed E-state index contributed by atoms with van der Waals surface area (Å²) in [5.41, 5.74) is 19.0. The molecule has 0 unspecified atom stereocenters. The van der Waals surface area contributed by atoms with E-state index in [4.69, 9.17) is 9.15 Å². The fourth-order valence-corrected chi connectivity index (χ4v) is 10.4. The lowest BCUT2D eigenvalue weighted by Gasteiger charge is -2.29. The Kier molecular flexibility index (Phi) is 7.95. The predicted molar refractivity (Wildman–Crippen MR) is 265 cm³/mol. The van der Waals surface area contributed by atoms with Crippen molar-refractivity contribution in [1.29, 1.82) is 0 Å². The Hall–Kier alpha value is -8.14. The number of anilines is 3. The van der Waals surface area contributed by atoms with E-state index in [0.29, 0.717) is 0 Å². The van der Waals surface area contributed by atoms with Gasteiger partial charge in [0, 0.05) is 49.9 Å². The zero-order chi connectivity index (χ0) is 42.5. The summed E-state index contributed by atoms with van der Waals surface area (Å²) in [5, 5.41) is 4.59. The summed E-state index contributed by atoms with van der Waals surface area (Å²) in [6.45, 7) is 4.70. The quantitative estimate of drug-likeness (QED) is 0.173. The van der Waals surface area contributed by atoms with E-state index in [-0.39, 0.29) is 5.41 Å². The van der Waals surface area contributed by atoms with Crippen molar-refractivity contribution < 1.29 is 9.15 Å². The van der Waals surface area contributed by atoms with Gasteiger partial charge in [0.1, 0.15) is 22.7 Å². The number of nitrogens with zero attached hydrogens (tertiary/aromatic N) is 1. The average molecular weight is 820 g/mol. The molecule has 1 aromatic heterocycles. The zero-order valence-electron chi connectivity index (χ0n) is 35.5. The van der Waals surface area contributed by atoms with Gasteiger partial charge in [0.05, 0.1) is 0 Å². The summed E-state index contributed by atoms with van der Waals surface area (Å²) in [5.74, 6) is 1.68. The van der Waals surface area contributed by atoms with Crippen molar-refractivity contribution in [2.75, 3.05) is 4.90 Å². The maximum absolute atomic E-state index is 7.00. The van der Waals surface area contributed by atoms with Crippen LogP contribution >= 0.6 is 0 Å². The third-order valence-corrected chi connectivity index (χ3v) is 13.7. The Balaban J connectivity index is 1.01. The number of furan rings is 1. The molecular weight excluding hydrogens is 779 g/mol. The molecule has 2 heterocycles. The number of fused-ring (bicyclic) bond motifs is 12. The highest BCUT2D eigenvalue weighted by molar-refractivity contribution is 6.09. The highest BCUT2D eigenvalue weighted by Gasteiger charge is 2.36. The van der Waals surface area contributed by atoms with Gasteiger partial charge in [0.25, 0.3) is 0 Å². The van der Waals surface area contributed by atoms with Gasteiger partial charge >= 0.3 is 0 Å².